The number of ether oxygens (including phenoxy) is 2. The number of fused-ring (bicyclic) bond motifs is 2. The number of allylic oxidation sites excluding steroid dienone is 2. The van der Waals surface area contributed by atoms with Crippen LogP contribution in [0.1, 0.15) is 6.92 Å². The third-order valence-corrected chi connectivity index (χ3v) is 9.16. The monoisotopic (exact) mass is 593 g/mol. The average Bonchev–Trinajstić information content (AvgIpc) is 2.96. The predicted molar refractivity (Wildman–Crippen MR) is 165 cm³/mol. The largest absolute Gasteiger partial charge is 0.495 e. The molecule has 1 aliphatic carbocycles. The number of hydrogen-bond acceptors (Lipinski definition) is 6. The summed E-state index contributed by atoms with van der Waals surface area (Å²) < 4.78 is 10.6. The summed E-state index contributed by atoms with van der Waals surface area (Å²) in [4.78, 5) is 30.4. The molecule has 7 nitrogen and oxygen atoms in total. The highest BCUT2D eigenvalue weighted by Crippen LogP contribution is 2.44. The van der Waals surface area contributed by atoms with Crippen molar-refractivity contribution in [2.24, 2.45) is 0 Å². The molecular weight excluding hydrogens is 566 g/mol. The summed E-state index contributed by atoms with van der Waals surface area (Å²) in [6.07, 6.45) is 8.19. The number of thioether (sulfide) groups is 2. The molecule has 1 aliphatic heterocycles. The zero-order valence-electron chi connectivity index (χ0n) is 22.1. The van der Waals surface area contributed by atoms with E-state index in [-0.39, 0.29) is 23.2 Å². The number of methoxy groups -OCH3 is 2. The SMILES string of the molecule is COc1cc(OC)c(NC(=O)C(C)Sc2cccc(NC(=O)N3c4ccccc4SC4C=CC=CC43)c2)cc1Cl. The molecule has 40 heavy (non-hydrogen) atoms. The number of hydrogen-bond donors (Lipinski definition) is 2. The number of para-hydroxylation sites is 1. The summed E-state index contributed by atoms with van der Waals surface area (Å²) in [5.41, 5.74) is 1.99. The molecule has 3 amide bonds. The number of halogens is 1. The number of nitrogens with zero attached hydrogens (tertiary/aromatic N) is 1. The predicted octanol–water partition coefficient (Wildman–Crippen LogP) is 7.48. The highest BCUT2D eigenvalue weighted by Gasteiger charge is 2.36. The average molecular weight is 594 g/mol. The second-order valence-corrected chi connectivity index (χ2v) is 12.1. The van der Waals surface area contributed by atoms with Crippen LogP contribution in [0.3, 0.4) is 0 Å². The number of amides is 3. The van der Waals surface area contributed by atoms with Crippen LogP contribution in [0.15, 0.2) is 94.8 Å². The zero-order valence-corrected chi connectivity index (χ0v) is 24.5. The van der Waals surface area contributed by atoms with Crippen molar-refractivity contribution in [1.29, 1.82) is 0 Å². The van der Waals surface area contributed by atoms with E-state index in [4.69, 9.17) is 21.1 Å². The maximum absolute atomic E-state index is 13.6. The molecule has 0 spiro atoms. The summed E-state index contributed by atoms with van der Waals surface area (Å²) in [6.45, 7) is 1.81. The quantitative estimate of drug-likeness (QED) is 0.276. The summed E-state index contributed by atoms with van der Waals surface area (Å²) in [5.74, 6) is 0.681. The molecule has 2 aliphatic rings. The lowest BCUT2D eigenvalue weighted by molar-refractivity contribution is -0.115. The molecule has 0 saturated heterocycles. The second-order valence-electron chi connectivity index (χ2n) is 9.07. The van der Waals surface area contributed by atoms with E-state index in [0.29, 0.717) is 27.9 Å². The molecular formula is C30H28ClN3O4S2. The number of carbonyl (C=O) groups excluding carboxylic acids is 2. The van der Waals surface area contributed by atoms with E-state index < -0.39 is 5.25 Å². The van der Waals surface area contributed by atoms with Crippen molar-refractivity contribution >= 4 is 64.1 Å². The lowest BCUT2D eigenvalue weighted by Crippen LogP contribution is -2.49. The first-order chi connectivity index (χ1) is 19.4. The number of anilines is 3. The van der Waals surface area contributed by atoms with Crippen LogP contribution in [-0.2, 0) is 4.79 Å². The van der Waals surface area contributed by atoms with Gasteiger partial charge in [-0.1, -0.05) is 54.1 Å². The van der Waals surface area contributed by atoms with E-state index in [1.807, 2.05) is 72.5 Å². The standard InChI is InChI=1S/C30H28ClN3O4S2/c1-18(29(35)33-22-16-21(31)25(37-2)17-26(22)38-3)39-20-10-8-9-19(15-20)32-30(36)34-23-11-4-6-13-27(23)40-28-14-7-5-12-24(28)34/h4-18,23,27H,1-3H3,(H,32,36)(H,33,35). The Morgan fingerprint density at radius 2 is 1.75 bits per heavy atom. The lowest BCUT2D eigenvalue weighted by atomic mass is 10.1. The molecule has 3 aromatic carbocycles. The van der Waals surface area contributed by atoms with Crippen LogP contribution in [0.25, 0.3) is 0 Å². The normalized spacial score (nSPS) is 17.9. The van der Waals surface area contributed by atoms with Crippen LogP contribution >= 0.6 is 35.1 Å². The third-order valence-electron chi connectivity index (χ3n) is 6.46. The van der Waals surface area contributed by atoms with Gasteiger partial charge < -0.3 is 20.1 Å². The maximum atomic E-state index is 13.6. The Morgan fingerprint density at radius 1 is 0.975 bits per heavy atom. The van der Waals surface area contributed by atoms with Gasteiger partial charge in [-0.15, -0.1) is 23.5 Å². The van der Waals surface area contributed by atoms with Gasteiger partial charge in [-0.2, -0.15) is 0 Å². The summed E-state index contributed by atoms with van der Waals surface area (Å²) >= 11 is 9.39. The Balaban J connectivity index is 1.28. The van der Waals surface area contributed by atoms with Crippen LogP contribution in [0.2, 0.25) is 5.02 Å². The molecule has 3 aromatic rings. The molecule has 0 bridgehead atoms. The number of carbonyl (C=O) groups is 2. The maximum Gasteiger partial charge on any atom is 0.326 e. The molecule has 5 rings (SSSR count). The van der Waals surface area contributed by atoms with E-state index in [1.54, 1.807) is 23.9 Å². The Bertz CT molecular complexity index is 1500. The first-order valence-electron chi connectivity index (χ1n) is 12.6. The fourth-order valence-corrected chi connectivity index (χ4v) is 6.93. The van der Waals surface area contributed by atoms with Gasteiger partial charge in [-0.05, 0) is 43.3 Å². The summed E-state index contributed by atoms with van der Waals surface area (Å²) in [5, 5.41) is 6.01. The first-order valence-corrected chi connectivity index (χ1v) is 14.7. The van der Waals surface area contributed by atoms with E-state index in [9.17, 15) is 9.59 Å². The molecule has 2 N–H and O–H groups in total. The van der Waals surface area contributed by atoms with Gasteiger partial charge in [0.05, 0.1) is 47.2 Å². The molecule has 3 atom stereocenters. The molecule has 206 valence electrons. The third kappa shape index (κ3) is 5.96. The Kier molecular flexibility index (Phi) is 8.63. The minimum Gasteiger partial charge on any atom is -0.495 e. The zero-order chi connectivity index (χ0) is 28.2. The van der Waals surface area contributed by atoms with Gasteiger partial charge in [-0.3, -0.25) is 9.69 Å². The number of rotatable bonds is 7. The lowest BCUT2D eigenvalue weighted by Gasteiger charge is -2.40. The number of urea groups is 1. The molecule has 10 heteroatoms. The highest BCUT2D eigenvalue weighted by molar-refractivity contribution is 8.00. The van der Waals surface area contributed by atoms with Crippen molar-refractivity contribution in [2.75, 3.05) is 29.8 Å². The van der Waals surface area contributed by atoms with Gasteiger partial charge in [0.15, 0.2) is 0 Å². The fourth-order valence-electron chi connectivity index (χ4n) is 4.51. The van der Waals surface area contributed by atoms with Crippen molar-refractivity contribution in [3.8, 4) is 11.5 Å². The second kappa shape index (κ2) is 12.3. The van der Waals surface area contributed by atoms with Crippen LogP contribution in [-0.4, -0.2) is 42.7 Å². The van der Waals surface area contributed by atoms with Gasteiger partial charge in [-0.25, -0.2) is 4.79 Å². The van der Waals surface area contributed by atoms with Gasteiger partial charge >= 0.3 is 6.03 Å². The molecule has 0 fully saturated rings. The Labute approximate surface area is 246 Å². The summed E-state index contributed by atoms with van der Waals surface area (Å²) in [6, 6.07) is 18.4. The Morgan fingerprint density at radius 3 is 2.55 bits per heavy atom. The van der Waals surface area contributed by atoms with Gasteiger partial charge in [0.2, 0.25) is 5.91 Å². The van der Waals surface area contributed by atoms with Crippen LogP contribution in [0, 0.1) is 0 Å². The minimum atomic E-state index is -0.442. The molecule has 1 heterocycles. The highest BCUT2D eigenvalue weighted by atomic mass is 35.5. The van der Waals surface area contributed by atoms with E-state index in [2.05, 4.69) is 22.8 Å². The number of benzene rings is 3. The molecule has 3 unspecified atom stereocenters. The fraction of sp³-hybridized carbons (Fsp3) is 0.200. The van der Waals surface area contributed by atoms with Gasteiger partial charge in [0, 0.05) is 21.5 Å². The first kappa shape index (κ1) is 28.0. The van der Waals surface area contributed by atoms with Crippen molar-refractivity contribution in [3.05, 3.63) is 90.0 Å². The summed E-state index contributed by atoms with van der Waals surface area (Å²) in [7, 11) is 3.03. The minimum absolute atomic E-state index is 0.0883. The molecule has 0 radical (unpaired) electrons. The smallest absolute Gasteiger partial charge is 0.326 e. The van der Waals surface area contributed by atoms with E-state index >= 15 is 0 Å². The van der Waals surface area contributed by atoms with Crippen molar-refractivity contribution in [3.63, 3.8) is 0 Å². The van der Waals surface area contributed by atoms with E-state index in [0.717, 1.165) is 15.5 Å². The van der Waals surface area contributed by atoms with Crippen molar-refractivity contribution < 1.29 is 19.1 Å². The van der Waals surface area contributed by atoms with Gasteiger partial charge in [0.25, 0.3) is 0 Å². The van der Waals surface area contributed by atoms with Crippen LogP contribution in [0.5, 0.6) is 11.5 Å². The van der Waals surface area contributed by atoms with Crippen LogP contribution < -0.4 is 25.0 Å². The van der Waals surface area contributed by atoms with E-state index in [1.165, 1.54) is 26.0 Å². The number of nitrogens with one attached hydrogen (secondary N) is 2. The molecule has 0 aromatic heterocycles. The Hall–Kier alpha value is -3.53. The van der Waals surface area contributed by atoms with Crippen LogP contribution in [0.4, 0.5) is 21.9 Å². The topological polar surface area (TPSA) is 79.9 Å². The van der Waals surface area contributed by atoms with Crippen molar-refractivity contribution in [2.45, 2.75) is 33.3 Å². The molecule has 0 saturated carbocycles. The van der Waals surface area contributed by atoms with Crippen molar-refractivity contribution in [1.82, 2.24) is 0 Å². The van der Waals surface area contributed by atoms with Gasteiger partial charge in [0.1, 0.15) is 11.5 Å².